The summed E-state index contributed by atoms with van der Waals surface area (Å²) in [4.78, 5) is 17.1. The van der Waals surface area contributed by atoms with E-state index in [4.69, 9.17) is 21.3 Å². The van der Waals surface area contributed by atoms with Crippen LogP contribution in [-0.4, -0.2) is 98.9 Å². The molecule has 8 heteroatoms. The molecule has 6 nitrogen and oxygen atoms in total. The lowest BCUT2D eigenvalue weighted by atomic mass is 10.0. The zero-order chi connectivity index (χ0) is 28.3. The van der Waals surface area contributed by atoms with Crippen molar-refractivity contribution in [3.63, 3.8) is 0 Å². The molecule has 2 aliphatic heterocycles. The third kappa shape index (κ3) is 6.91. The molecule has 2 aliphatic rings. The smallest absolute Gasteiger partial charge is 0.133 e. The van der Waals surface area contributed by atoms with Crippen LogP contribution in [0.2, 0.25) is 5.02 Å². The van der Waals surface area contributed by atoms with Crippen LogP contribution >= 0.6 is 18.5 Å². The van der Waals surface area contributed by atoms with Gasteiger partial charge in [-0.2, -0.15) is 0 Å². The second kappa shape index (κ2) is 12.7. The van der Waals surface area contributed by atoms with Crippen molar-refractivity contribution in [3.05, 3.63) is 76.3 Å². The van der Waals surface area contributed by atoms with Gasteiger partial charge in [-0.25, -0.2) is 9.97 Å². The Kier molecular flexibility index (Phi) is 9.21. The van der Waals surface area contributed by atoms with Crippen molar-refractivity contribution in [1.82, 2.24) is 19.8 Å². The molecule has 0 atom stereocenters. The maximum absolute atomic E-state index is 6.58. The minimum atomic E-state index is -1.43. The molecule has 0 aliphatic carbocycles. The van der Waals surface area contributed by atoms with Gasteiger partial charge in [0.15, 0.2) is 0 Å². The van der Waals surface area contributed by atoms with Crippen LogP contribution in [0.15, 0.2) is 48.7 Å². The summed E-state index contributed by atoms with van der Waals surface area (Å²) in [5.74, 6) is 1.63. The minimum absolute atomic E-state index is 0.592. The monoisotopic (exact) mass is 579 g/mol. The number of ether oxygens (including phenoxy) is 1. The average Bonchev–Trinajstić information content (AvgIpc) is 2.95. The van der Waals surface area contributed by atoms with E-state index in [1.165, 1.54) is 55.6 Å². The molecule has 2 saturated heterocycles. The fourth-order valence-corrected chi connectivity index (χ4v) is 7.59. The summed E-state index contributed by atoms with van der Waals surface area (Å²) in [7, 11) is 3.97. The molecular formula is C32H43ClN5OP. The van der Waals surface area contributed by atoms with Crippen LogP contribution in [0.25, 0.3) is 0 Å². The zero-order valence-corrected chi connectivity index (χ0v) is 26.1. The van der Waals surface area contributed by atoms with E-state index in [1.807, 2.05) is 0 Å². The number of nitrogens with zero attached hydrogens (tertiary/aromatic N) is 5. The summed E-state index contributed by atoms with van der Waals surface area (Å²) in [5.41, 5.74) is 4.40. The molecule has 0 unspecified atom stereocenters. The van der Waals surface area contributed by atoms with Gasteiger partial charge in [-0.15, -0.1) is 0 Å². The first kappa shape index (κ1) is 29.1. The van der Waals surface area contributed by atoms with Gasteiger partial charge in [-0.05, 0) is 50.2 Å². The van der Waals surface area contributed by atoms with Crippen molar-refractivity contribution in [2.24, 2.45) is 0 Å². The highest BCUT2D eigenvalue weighted by molar-refractivity contribution is 7.79. The number of halogens is 1. The van der Waals surface area contributed by atoms with Gasteiger partial charge in [-0.1, -0.05) is 55.1 Å². The Morgan fingerprint density at radius 2 is 1.70 bits per heavy atom. The van der Waals surface area contributed by atoms with E-state index in [2.05, 4.69) is 88.8 Å². The summed E-state index contributed by atoms with van der Waals surface area (Å²) in [5, 5.41) is 1.91. The van der Waals surface area contributed by atoms with Crippen molar-refractivity contribution >= 4 is 35.8 Å². The average molecular weight is 580 g/mol. The van der Waals surface area contributed by atoms with Crippen LogP contribution in [0.3, 0.4) is 0 Å². The molecule has 0 saturated carbocycles. The van der Waals surface area contributed by atoms with Crippen molar-refractivity contribution in [2.45, 2.75) is 31.7 Å². The highest BCUT2D eigenvalue weighted by Crippen LogP contribution is 2.36. The van der Waals surface area contributed by atoms with Crippen molar-refractivity contribution in [1.29, 1.82) is 0 Å². The van der Waals surface area contributed by atoms with Gasteiger partial charge in [0.1, 0.15) is 11.6 Å². The quantitative estimate of drug-likeness (QED) is 0.355. The number of hydrogen-bond acceptors (Lipinski definition) is 6. The van der Waals surface area contributed by atoms with Gasteiger partial charge in [0.05, 0.1) is 17.8 Å². The van der Waals surface area contributed by atoms with Crippen LogP contribution in [0, 0.1) is 0 Å². The molecule has 3 aromatic rings. The number of hydrogen-bond donors (Lipinski definition) is 0. The first-order valence-electron chi connectivity index (χ1n) is 14.3. The van der Waals surface area contributed by atoms with Gasteiger partial charge in [0, 0.05) is 81.7 Å². The topological polar surface area (TPSA) is 44.7 Å². The first-order chi connectivity index (χ1) is 19.2. The summed E-state index contributed by atoms with van der Waals surface area (Å²) < 4.78 is 5.85. The normalized spacial score (nSPS) is 17.8. The lowest BCUT2D eigenvalue weighted by Gasteiger charge is -2.42. The third-order valence-electron chi connectivity index (χ3n) is 8.37. The Hall–Kier alpha value is -2.37. The summed E-state index contributed by atoms with van der Waals surface area (Å²) in [6.07, 6.45) is 9.87. The molecule has 0 N–H and O–H groups in total. The van der Waals surface area contributed by atoms with E-state index in [-0.39, 0.29) is 0 Å². The largest absolute Gasteiger partial charge is 0.496 e. The third-order valence-corrected chi connectivity index (χ3v) is 10.4. The van der Waals surface area contributed by atoms with Crippen molar-refractivity contribution < 1.29 is 4.74 Å². The van der Waals surface area contributed by atoms with E-state index in [9.17, 15) is 0 Å². The summed E-state index contributed by atoms with van der Waals surface area (Å²) >= 11 is 6.58. The molecule has 1 aromatic heterocycles. The van der Waals surface area contributed by atoms with Crippen LogP contribution < -0.4 is 14.9 Å². The Balaban J connectivity index is 1.27. The highest BCUT2D eigenvalue weighted by Gasteiger charge is 2.27. The van der Waals surface area contributed by atoms with Gasteiger partial charge < -0.3 is 14.5 Å². The number of methoxy groups -OCH3 is 1. The SMILES string of the molecule is C=P(C)(C)c1ccccc1Cc1nc(Cc2ccc(N3CCC(N4CCN(C)CC4)CC3)cc2OC)ncc1Cl. The number of likely N-dealkylation sites (N-methyl/N-ethyl adjacent to an activating group) is 1. The number of piperidine rings is 1. The maximum Gasteiger partial charge on any atom is 0.133 e. The molecule has 40 heavy (non-hydrogen) atoms. The first-order valence-corrected chi connectivity index (χ1v) is 17.6. The van der Waals surface area contributed by atoms with Crippen LogP contribution in [0.4, 0.5) is 5.69 Å². The molecule has 2 aromatic carbocycles. The second-order valence-electron chi connectivity index (χ2n) is 11.8. The Morgan fingerprint density at radius 1 is 0.975 bits per heavy atom. The number of aromatic nitrogens is 2. The van der Waals surface area contributed by atoms with E-state index >= 15 is 0 Å². The minimum Gasteiger partial charge on any atom is -0.496 e. The highest BCUT2D eigenvalue weighted by atomic mass is 35.5. The van der Waals surface area contributed by atoms with E-state index in [0.717, 1.165) is 35.9 Å². The number of benzene rings is 2. The van der Waals surface area contributed by atoms with Crippen LogP contribution in [-0.2, 0) is 12.8 Å². The lowest BCUT2D eigenvalue weighted by Crippen LogP contribution is -2.52. The van der Waals surface area contributed by atoms with Crippen LogP contribution in [0.5, 0.6) is 5.75 Å². The molecule has 0 amide bonds. The van der Waals surface area contributed by atoms with E-state index in [0.29, 0.717) is 23.9 Å². The fourth-order valence-electron chi connectivity index (χ4n) is 6.01. The fraction of sp³-hybridized carbons (Fsp3) is 0.469. The number of rotatable bonds is 8. The molecule has 214 valence electrons. The molecule has 5 rings (SSSR count). The molecule has 3 heterocycles. The zero-order valence-electron chi connectivity index (χ0n) is 24.4. The molecule has 0 radical (unpaired) electrons. The summed E-state index contributed by atoms with van der Waals surface area (Å²) in [6, 6.07) is 15.8. The Bertz CT molecular complexity index is 1360. The number of anilines is 1. The predicted molar refractivity (Wildman–Crippen MR) is 172 cm³/mol. The lowest BCUT2D eigenvalue weighted by molar-refractivity contribution is 0.0982. The van der Waals surface area contributed by atoms with Gasteiger partial charge >= 0.3 is 0 Å². The van der Waals surface area contributed by atoms with E-state index < -0.39 is 6.89 Å². The van der Waals surface area contributed by atoms with E-state index in [1.54, 1.807) is 13.3 Å². The molecule has 0 spiro atoms. The van der Waals surface area contributed by atoms with Gasteiger partial charge in [-0.3, -0.25) is 4.90 Å². The molecule has 2 fully saturated rings. The predicted octanol–water partition coefficient (Wildman–Crippen LogP) is 4.87. The summed E-state index contributed by atoms with van der Waals surface area (Å²) in [6.45, 7) is 9.97. The molecular weight excluding hydrogens is 537 g/mol. The maximum atomic E-state index is 6.58. The molecule has 0 bridgehead atoms. The Labute approximate surface area is 245 Å². The Morgan fingerprint density at radius 3 is 2.40 bits per heavy atom. The van der Waals surface area contributed by atoms with Crippen LogP contribution in [0.1, 0.15) is 35.5 Å². The standard InChI is InChI=1S/C32H43ClN5OP/c1-36-16-18-38(19-17-36)26-12-14-37(15-13-26)27-11-10-24(30(22-27)39-2)21-32-34-23-28(33)29(35-32)20-25-8-6-7-9-31(25)40(3,4)5/h6-11,22-23,26H,3,12-21H2,1-2,4-5H3. The number of piperazine rings is 1. The van der Waals surface area contributed by atoms with Crippen molar-refractivity contribution in [3.8, 4) is 5.75 Å². The van der Waals surface area contributed by atoms with Gasteiger partial charge in [0.2, 0.25) is 0 Å². The van der Waals surface area contributed by atoms with Gasteiger partial charge in [0.25, 0.3) is 0 Å². The van der Waals surface area contributed by atoms with Crippen molar-refractivity contribution in [2.75, 3.05) is 71.7 Å². The second-order valence-corrected chi connectivity index (χ2v) is 16.1.